The predicted octanol–water partition coefficient (Wildman–Crippen LogP) is 2.98. The molecule has 0 amide bonds. The number of aromatic nitrogens is 3. The Labute approximate surface area is 101 Å². The summed E-state index contributed by atoms with van der Waals surface area (Å²) in [5.41, 5.74) is 2.45. The summed E-state index contributed by atoms with van der Waals surface area (Å²) in [7, 11) is 0. The molecule has 1 aromatic heterocycles. The van der Waals surface area contributed by atoms with Gasteiger partial charge in [-0.15, -0.1) is 5.10 Å². The number of rotatable bonds is 3. The van der Waals surface area contributed by atoms with Gasteiger partial charge in [0.05, 0.1) is 12.2 Å². The van der Waals surface area contributed by atoms with Crippen molar-refractivity contribution in [2.75, 3.05) is 0 Å². The van der Waals surface area contributed by atoms with Gasteiger partial charge in [-0.1, -0.05) is 48.4 Å². The van der Waals surface area contributed by atoms with E-state index in [-0.39, 0.29) is 0 Å². The lowest BCUT2D eigenvalue weighted by atomic mass is 10.1. The van der Waals surface area contributed by atoms with Crippen LogP contribution in [0.25, 0.3) is 0 Å². The molecule has 0 saturated heterocycles. The first-order chi connectivity index (χ1) is 8.42. The Bertz CT molecular complexity index is 469. The third-order valence-corrected chi connectivity index (χ3v) is 3.52. The van der Waals surface area contributed by atoms with Crippen LogP contribution < -0.4 is 0 Å². The summed E-state index contributed by atoms with van der Waals surface area (Å²) in [5, 5.41) is 8.53. The first kappa shape index (κ1) is 10.5. The minimum Gasteiger partial charge on any atom is -0.248 e. The van der Waals surface area contributed by atoms with Gasteiger partial charge in [-0.3, -0.25) is 0 Å². The average molecular weight is 227 g/mol. The fourth-order valence-electron chi connectivity index (χ4n) is 2.57. The van der Waals surface area contributed by atoms with Gasteiger partial charge in [0.2, 0.25) is 0 Å². The minimum atomic E-state index is 0.652. The molecule has 3 heteroatoms. The van der Waals surface area contributed by atoms with Gasteiger partial charge in [0, 0.05) is 12.1 Å². The molecule has 1 saturated carbocycles. The monoisotopic (exact) mass is 227 g/mol. The van der Waals surface area contributed by atoms with Crippen LogP contribution in [0, 0.1) is 0 Å². The van der Waals surface area contributed by atoms with E-state index in [0.717, 1.165) is 6.54 Å². The number of nitrogens with zero attached hydrogens (tertiary/aromatic N) is 3. The third-order valence-electron chi connectivity index (χ3n) is 3.52. The average Bonchev–Trinajstić information content (AvgIpc) is 3.00. The summed E-state index contributed by atoms with van der Waals surface area (Å²) in [6.45, 7) is 0.820. The number of benzene rings is 1. The van der Waals surface area contributed by atoms with Gasteiger partial charge < -0.3 is 0 Å². The summed E-state index contributed by atoms with van der Waals surface area (Å²) in [6.07, 6.45) is 7.36. The molecule has 1 aliphatic carbocycles. The molecule has 17 heavy (non-hydrogen) atoms. The van der Waals surface area contributed by atoms with Crippen LogP contribution in [0.1, 0.15) is 42.9 Å². The summed E-state index contributed by atoms with van der Waals surface area (Å²) in [4.78, 5) is 0. The smallest absolute Gasteiger partial charge is 0.0858 e. The van der Waals surface area contributed by atoms with Crippen LogP contribution in [0.3, 0.4) is 0 Å². The third kappa shape index (κ3) is 2.38. The summed E-state index contributed by atoms with van der Waals surface area (Å²) >= 11 is 0. The van der Waals surface area contributed by atoms with Crippen LogP contribution in [0.4, 0.5) is 0 Å². The van der Waals surface area contributed by atoms with Crippen LogP contribution in [-0.4, -0.2) is 15.0 Å². The lowest BCUT2D eigenvalue weighted by Crippen LogP contribution is -1.99. The van der Waals surface area contributed by atoms with Crippen molar-refractivity contribution >= 4 is 0 Å². The van der Waals surface area contributed by atoms with E-state index in [1.807, 2.05) is 10.7 Å². The molecule has 2 aromatic rings. The van der Waals surface area contributed by atoms with E-state index in [2.05, 4.69) is 40.8 Å². The molecule has 0 N–H and O–H groups in total. The molecule has 1 aliphatic rings. The maximum absolute atomic E-state index is 4.31. The van der Waals surface area contributed by atoms with Gasteiger partial charge in [-0.25, -0.2) is 4.68 Å². The molecule has 88 valence electrons. The Kier molecular flexibility index (Phi) is 2.90. The molecular formula is C14H17N3. The fourth-order valence-corrected chi connectivity index (χ4v) is 2.57. The molecule has 3 nitrogen and oxygen atoms in total. The summed E-state index contributed by atoms with van der Waals surface area (Å²) in [5.74, 6) is 0.652. The molecule has 1 aromatic carbocycles. The highest BCUT2D eigenvalue weighted by Gasteiger charge is 2.19. The van der Waals surface area contributed by atoms with Crippen LogP contribution in [0.15, 0.2) is 36.5 Å². The normalized spacial score (nSPS) is 16.5. The van der Waals surface area contributed by atoms with Crippen molar-refractivity contribution in [1.82, 2.24) is 15.0 Å². The highest BCUT2D eigenvalue weighted by molar-refractivity contribution is 5.15. The second-order valence-corrected chi connectivity index (χ2v) is 4.81. The van der Waals surface area contributed by atoms with E-state index in [4.69, 9.17) is 0 Å². The molecular weight excluding hydrogens is 210 g/mol. The van der Waals surface area contributed by atoms with Crippen LogP contribution in [0.5, 0.6) is 0 Å². The van der Waals surface area contributed by atoms with Gasteiger partial charge in [-0.05, 0) is 18.4 Å². The van der Waals surface area contributed by atoms with Crippen molar-refractivity contribution in [3.63, 3.8) is 0 Å². The maximum atomic E-state index is 4.31. The predicted molar refractivity (Wildman–Crippen MR) is 66.8 cm³/mol. The Morgan fingerprint density at radius 3 is 2.65 bits per heavy atom. The SMILES string of the molecule is c1ccc(Cn2cc(C3CCCC3)nn2)cc1. The van der Waals surface area contributed by atoms with Crippen molar-refractivity contribution in [3.8, 4) is 0 Å². The van der Waals surface area contributed by atoms with Crippen LogP contribution in [0.2, 0.25) is 0 Å². The zero-order chi connectivity index (χ0) is 11.5. The quantitative estimate of drug-likeness (QED) is 0.807. The van der Waals surface area contributed by atoms with Crippen LogP contribution >= 0.6 is 0 Å². The van der Waals surface area contributed by atoms with E-state index < -0.39 is 0 Å². The molecule has 1 heterocycles. The number of hydrogen-bond donors (Lipinski definition) is 0. The van der Waals surface area contributed by atoms with Crippen molar-refractivity contribution < 1.29 is 0 Å². The second kappa shape index (κ2) is 4.70. The Balaban J connectivity index is 1.72. The molecule has 0 spiro atoms. The lowest BCUT2D eigenvalue weighted by molar-refractivity contribution is 0.646. The molecule has 1 fully saturated rings. The zero-order valence-corrected chi connectivity index (χ0v) is 9.92. The Morgan fingerprint density at radius 2 is 1.88 bits per heavy atom. The minimum absolute atomic E-state index is 0.652. The Hall–Kier alpha value is -1.64. The van der Waals surface area contributed by atoms with E-state index >= 15 is 0 Å². The first-order valence-corrected chi connectivity index (χ1v) is 6.36. The first-order valence-electron chi connectivity index (χ1n) is 6.36. The Morgan fingerprint density at radius 1 is 1.12 bits per heavy atom. The molecule has 0 unspecified atom stereocenters. The molecule has 0 aliphatic heterocycles. The second-order valence-electron chi connectivity index (χ2n) is 4.81. The summed E-state index contributed by atoms with van der Waals surface area (Å²) in [6, 6.07) is 10.4. The fraction of sp³-hybridized carbons (Fsp3) is 0.429. The van der Waals surface area contributed by atoms with Crippen molar-refractivity contribution in [2.24, 2.45) is 0 Å². The molecule has 3 rings (SSSR count). The van der Waals surface area contributed by atoms with Crippen LogP contribution in [-0.2, 0) is 6.54 Å². The lowest BCUT2D eigenvalue weighted by Gasteiger charge is -2.02. The van der Waals surface area contributed by atoms with Crippen molar-refractivity contribution in [3.05, 3.63) is 47.8 Å². The van der Waals surface area contributed by atoms with Gasteiger partial charge in [-0.2, -0.15) is 0 Å². The largest absolute Gasteiger partial charge is 0.248 e. The van der Waals surface area contributed by atoms with E-state index in [0.29, 0.717) is 5.92 Å². The van der Waals surface area contributed by atoms with Gasteiger partial charge in [0.1, 0.15) is 0 Å². The standard InChI is InChI=1S/C14H17N3/c1-2-6-12(7-3-1)10-17-11-14(15-16-17)13-8-4-5-9-13/h1-3,6-7,11,13H,4-5,8-10H2. The van der Waals surface area contributed by atoms with Gasteiger partial charge >= 0.3 is 0 Å². The zero-order valence-electron chi connectivity index (χ0n) is 9.92. The molecule has 0 radical (unpaired) electrons. The van der Waals surface area contributed by atoms with E-state index in [1.54, 1.807) is 0 Å². The van der Waals surface area contributed by atoms with Crippen molar-refractivity contribution in [1.29, 1.82) is 0 Å². The highest BCUT2D eigenvalue weighted by atomic mass is 15.4. The summed E-state index contributed by atoms with van der Waals surface area (Å²) < 4.78 is 1.95. The maximum Gasteiger partial charge on any atom is 0.0858 e. The van der Waals surface area contributed by atoms with E-state index in [1.165, 1.54) is 36.9 Å². The highest BCUT2D eigenvalue weighted by Crippen LogP contribution is 2.32. The topological polar surface area (TPSA) is 30.7 Å². The molecule has 0 atom stereocenters. The van der Waals surface area contributed by atoms with E-state index in [9.17, 15) is 0 Å². The van der Waals surface area contributed by atoms with Gasteiger partial charge in [0.25, 0.3) is 0 Å². The molecule has 0 bridgehead atoms. The van der Waals surface area contributed by atoms with Crippen molar-refractivity contribution in [2.45, 2.75) is 38.1 Å². The number of hydrogen-bond acceptors (Lipinski definition) is 2. The van der Waals surface area contributed by atoms with Gasteiger partial charge in [0.15, 0.2) is 0 Å².